The number of ether oxygens (including phenoxy) is 3. The number of hydrogen-bond acceptors (Lipinski definition) is 7. The lowest BCUT2D eigenvalue weighted by Gasteiger charge is -2.24. The highest BCUT2D eigenvalue weighted by atomic mass is 16.6. The van der Waals surface area contributed by atoms with Crippen LogP contribution in [0.2, 0.25) is 0 Å². The number of aromatic nitrogens is 3. The first-order valence-corrected chi connectivity index (χ1v) is 11.4. The molecule has 4 heterocycles. The van der Waals surface area contributed by atoms with Crippen LogP contribution in [0.5, 0.6) is 5.88 Å². The van der Waals surface area contributed by atoms with E-state index < -0.39 is 0 Å². The van der Waals surface area contributed by atoms with Crippen LogP contribution in [0.4, 0.5) is 0 Å². The summed E-state index contributed by atoms with van der Waals surface area (Å²) in [5.41, 5.74) is 4.77. The molecule has 2 aromatic heterocycles. The Labute approximate surface area is 197 Å². The summed E-state index contributed by atoms with van der Waals surface area (Å²) in [6.07, 6.45) is 4.21. The van der Waals surface area contributed by atoms with Crippen LogP contribution in [0.1, 0.15) is 16.7 Å². The van der Waals surface area contributed by atoms with Crippen molar-refractivity contribution in [2.75, 3.05) is 33.0 Å². The van der Waals surface area contributed by atoms with Crippen molar-refractivity contribution in [1.29, 1.82) is 0 Å². The molecule has 8 heteroatoms. The molecule has 1 saturated heterocycles. The van der Waals surface area contributed by atoms with Crippen LogP contribution in [0.3, 0.4) is 0 Å². The Balaban J connectivity index is 1.26. The average Bonchev–Trinajstić information content (AvgIpc) is 2.88. The molecule has 1 fully saturated rings. The number of hydrogen-bond donors (Lipinski definition) is 1. The molecule has 0 spiro atoms. The molecule has 0 amide bonds. The van der Waals surface area contributed by atoms with Crippen LogP contribution in [0, 0.1) is 11.8 Å². The van der Waals surface area contributed by atoms with Crippen molar-refractivity contribution in [3.63, 3.8) is 0 Å². The second-order valence-corrected chi connectivity index (χ2v) is 8.18. The SMILES string of the molecule is O=c1nc(OCC2COCCO2)cc2n1CCc1cc(C#CCNCc3cccnc3)ccc1-2. The van der Waals surface area contributed by atoms with E-state index in [1.54, 1.807) is 10.8 Å². The molecule has 5 rings (SSSR count). The van der Waals surface area contributed by atoms with Gasteiger partial charge in [0.1, 0.15) is 12.7 Å². The first kappa shape index (κ1) is 22.3. The van der Waals surface area contributed by atoms with Crippen molar-refractivity contribution >= 4 is 0 Å². The summed E-state index contributed by atoms with van der Waals surface area (Å²) in [7, 11) is 0. The standard InChI is InChI=1S/C26H26N4O4/c31-26-29-25(34-18-22-17-32-11-12-33-22)14-24-23-6-5-19(13-21(23)7-10-30(24)26)3-1-8-27-15-20-4-2-9-28-16-20/h2,4-6,9,13-14,16,22,27H,7-8,10-12,15,17-18H2. The highest BCUT2D eigenvalue weighted by molar-refractivity contribution is 5.67. The predicted octanol–water partition coefficient (Wildman–Crippen LogP) is 1.80. The van der Waals surface area contributed by atoms with Crippen molar-refractivity contribution < 1.29 is 14.2 Å². The molecule has 0 saturated carbocycles. The van der Waals surface area contributed by atoms with Gasteiger partial charge in [0.25, 0.3) is 0 Å². The van der Waals surface area contributed by atoms with Crippen LogP contribution in [0.15, 0.2) is 53.6 Å². The maximum Gasteiger partial charge on any atom is 0.351 e. The minimum atomic E-state index is -0.303. The van der Waals surface area contributed by atoms with Crippen molar-refractivity contribution in [3.8, 4) is 29.0 Å². The van der Waals surface area contributed by atoms with Gasteiger partial charge in [0.2, 0.25) is 5.88 Å². The number of nitrogens with one attached hydrogen (secondary N) is 1. The summed E-state index contributed by atoms with van der Waals surface area (Å²) in [6, 6.07) is 11.9. The maximum absolute atomic E-state index is 12.6. The van der Waals surface area contributed by atoms with E-state index in [-0.39, 0.29) is 11.8 Å². The van der Waals surface area contributed by atoms with E-state index in [4.69, 9.17) is 14.2 Å². The van der Waals surface area contributed by atoms with E-state index in [1.165, 1.54) is 0 Å². The number of benzene rings is 1. The van der Waals surface area contributed by atoms with Gasteiger partial charge in [0.15, 0.2) is 0 Å². The van der Waals surface area contributed by atoms with Crippen molar-refractivity contribution in [3.05, 3.63) is 76.0 Å². The van der Waals surface area contributed by atoms with E-state index in [9.17, 15) is 4.79 Å². The summed E-state index contributed by atoms with van der Waals surface area (Å²) in [6.45, 7) is 3.83. The van der Waals surface area contributed by atoms with Crippen molar-refractivity contribution in [2.24, 2.45) is 0 Å². The number of nitrogens with zero attached hydrogens (tertiary/aromatic N) is 3. The molecule has 2 aliphatic rings. The van der Waals surface area contributed by atoms with Gasteiger partial charge in [-0.1, -0.05) is 24.0 Å². The number of fused-ring (bicyclic) bond motifs is 3. The van der Waals surface area contributed by atoms with Gasteiger partial charge in [-0.15, -0.1) is 0 Å². The van der Waals surface area contributed by atoms with Gasteiger partial charge in [-0.05, 0) is 35.7 Å². The quantitative estimate of drug-likeness (QED) is 0.445. The van der Waals surface area contributed by atoms with Gasteiger partial charge in [0.05, 0.1) is 32.1 Å². The van der Waals surface area contributed by atoms with Gasteiger partial charge in [0, 0.05) is 42.7 Å². The monoisotopic (exact) mass is 458 g/mol. The zero-order chi connectivity index (χ0) is 23.2. The van der Waals surface area contributed by atoms with Gasteiger partial charge in [-0.3, -0.25) is 9.55 Å². The molecule has 0 bridgehead atoms. The Kier molecular flexibility index (Phi) is 6.96. The Morgan fingerprint density at radius 1 is 1.24 bits per heavy atom. The molecule has 174 valence electrons. The van der Waals surface area contributed by atoms with Gasteiger partial charge >= 0.3 is 5.69 Å². The third-order valence-corrected chi connectivity index (χ3v) is 5.77. The average molecular weight is 459 g/mol. The fourth-order valence-electron chi connectivity index (χ4n) is 4.09. The lowest BCUT2D eigenvalue weighted by molar-refractivity contribution is -0.102. The normalized spacial score (nSPS) is 16.6. The predicted molar refractivity (Wildman–Crippen MR) is 127 cm³/mol. The fraction of sp³-hybridized carbons (Fsp3) is 0.346. The molecule has 1 aromatic carbocycles. The fourth-order valence-corrected chi connectivity index (χ4v) is 4.09. The zero-order valence-corrected chi connectivity index (χ0v) is 18.8. The minimum absolute atomic E-state index is 0.151. The molecule has 1 atom stereocenters. The second-order valence-electron chi connectivity index (χ2n) is 8.18. The van der Waals surface area contributed by atoms with Gasteiger partial charge in [-0.2, -0.15) is 4.98 Å². The summed E-state index contributed by atoms with van der Waals surface area (Å²) in [5.74, 6) is 6.71. The number of aryl methyl sites for hydroxylation is 1. The molecule has 0 aliphatic carbocycles. The maximum atomic E-state index is 12.6. The molecular formula is C26H26N4O4. The molecule has 34 heavy (non-hydrogen) atoms. The van der Waals surface area contributed by atoms with E-state index in [2.05, 4.69) is 33.2 Å². The Morgan fingerprint density at radius 3 is 3.06 bits per heavy atom. The van der Waals surface area contributed by atoms with Crippen molar-refractivity contribution in [2.45, 2.75) is 25.6 Å². The van der Waals surface area contributed by atoms with E-state index >= 15 is 0 Å². The van der Waals surface area contributed by atoms with Crippen LogP contribution in [-0.4, -0.2) is 53.6 Å². The molecule has 1 unspecified atom stereocenters. The minimum Gasteiger partial charge on any atom is -0.475 e. The lowest BCUT2D eigenvalue weighted by atomic mass is 9.95. The Morgan fingerprint density at radius 2 is 2.21 bits per heavy atom. The first-order chi connectivity index (χ1) is 16.8. The first-order valence-electron chi connectivity index (χ1n) is 11.4. The summed E-state index contributed by atoms with van der Waals surface area (Å²) in [5, 5.41) is 3.31. The smallest absolute Gasteiger partial charge is 0.351 e. The highest BCUT2D eigenvalue weighted by Crippen LogP contribution is 2.30. The van der Waals surface area contributed by atoms with Gasteiger partial charge < -0.3 is 19.5 Å². The van der Waals surface area contributed by atoms with Crippen LogP contribution in [0.25, 0.3) is 11.3 Å². The third kappa shape index (κ3) is 5.34. The molecular weight excluding hydrogens is 432 g/mol. The number of rotatable bonds is 6. The largest absolute Gasteiger partial charge is 0.475 e. The molecule has 8 nitrogen and oxygen atoms in total. The topological polar surface area (TPSA) is 87.5 Å². The van der Waals surface area contributed by atoms with E-state index in [0.717, 1.165) is 40.9 Å². The highest BCUT2D eigenvalue weighted by Gasteiger charge is 2.20. The lowest BCUT2D eigenvalue weighted by Crippen LogP contribution is -2.34. The van der Waals surface area contributed by atoms with Gasteiger partial charge in [-0.25, -0.2) is 4.79 Å². The zero-order valence-electron chi connectivity index (χ0n) is 18.8. The van der Waals surface area contributed by atoms with Crippen LogP contribution < -0.4 is 15.7 Å². The molecule has 0 radical (unpaired) electrons. The third-order valence-electron chi connectivity index (χ3n) is 5.77. The summed E-state index contributed by atoms with van der Waals surface area (Å²) >= 11 is 0. The molecule has 2 aliphatic heterocycles. The molecule has 3 aromatic rings. The van der Waals surface area contributed by atoms with Crippen LogP contribution in [-0.2, 0) is 29.0 Å². The van der Waals surface area contributed by atoms with Crippen molar-refractivity contribution in [1.82, 2.24) is 19.9 Å². The summed E-state index contributed by atoms with van der Waals surface area (Å²) < 4.78 is 18.5. The van der Waals surface area contributed by atoms with Crippen LogP contribution >= 0.6 is 0 Å². The summed E-state index contributed by atoms with van der Waals surface area (Å²) in [4.78, 5) is 20.8. The number of pyridine rings is 1. The second kappa shape index (κ2) is 10.6. The van der Waals surface area contributed by atoms with E-state index in [1.807, 2.05) is 36.5 Å². The van der Waals surface area contributed by atoms with E-state index in [0.29, 0.717) is 45.4 Å². The Bertz CT molecular complexity index is 1260. The Hall–Kier alpha value is -3.51. The molecule has 1 N–H and O–H groups in total.